The van der Waals surface area contributed by atoms with Gasteiger partial charge in [-0.3, -0.25) is 4.57 Å². The predicted octanol–water partition coefficient (Wildman–Crippen LogP) is 2.29. The molecule has 1 aliphatic rings. The van der Waals surface area contributed by atoms with Gasteiger partial charge in [0.2, 0.25) is 5.28 Å². The van der Waals surface area contributed by atoms with Gasteiger partial charge in [-0.1, -0.05) is 23.9 Å². The van der Waals surface area contributed by atoms with E-state index in [1.807, 2.05) is 25.1 Å². The van der Waals surface area contributed by atoms with E-state index >= 15 is 0 Å². The fourth-order valence-electron chi connectivity index (χ4n) is 3.67. The summed E-state index contributed by atoms with van der Waals surface area (Å²) in [7, 11) is 0. The third kappa shape index (κ3) is 4.39. The van der Waals surface area contributed by atoms with Crippen LogP contribution in [0.5, 0.6) is 0 Å². The minimum Gasteiger partial charge on any atom is -0.394 e. The van der Waals surface area contributed by atoms with Gasteiger partial charge in [0.15, 0.2) is 27.5 Å². The topological polar surface area (TPSA) is 138 Å². The maximum atomic E-state index is 10.4. The van der Waals surface area contributed by atoms with Crippen molar-refractivity contribution in [1.29, 1.82) is 0 Å². The fraction of sp³-hybridized carbons (Fsp3) is 0.400. The first-order chi connectivity index (χ1) is 15.9. The van der Waals surface area contributed by atoms with E-state index in [0.717, 1.165) is 20.3 Å². The zero-order valence-corrected chi connectivity index (χ0v) is 19.8. The first kappa shape index (κ1) is 22.7. The van der Waals surface area contributed by atoms with Crippen LogP contribution in [0, 0.1) is 0 Å². The number of halogens is 1. The number of anilines is 1. The molecule has 33 heavy (non-hydrogen) atoms. The molecule has 1 fully saturated rings. The number of benzene rings is 1. The molecule has 4 heterocycles. The second-order valence-electron chi connectivity index (χ2n) is 7.70. The molecule has 1 aliphatic heterocycles. The molecular formula is C20H21ClN6O4S2. The first-order valence-corrected chi connectivity index (χ1v) is 12.4. The second kappa shape index (κ2) is 9.29. The lowest BCUT2D eigenvalue weighted by Gasteiger charge is -2.17. The molecule has 4 aromatic rings. The van der Waals surface area contributed by atoms with Gasteiger partial charge in [0.25, 0.3) is 0 Å². The molecular weight excluding hydrogens is 488 g/mol. The highest BCUT2D eigenvalue weighted by Crippen LogP contribution is 2.33. The van der Waals surface area contributed by atoms with Crippen LogP contribution < -0.4 is 5.32 Å². The van der Waals surface area contributed by atoms with Crippen molar-refractivity contribution in [3.8, 4) is 0 Å². The Hall–Kier alpha value is -2.06. The Morgan fingerprint density at radius 1 is 1.24 bits per heavy atom. The molecule has 5 atom stereocenters. The van der Waals surface area contributed by atoms with Gasteiger partial charge in [-0.05, 0) is 30.7 Å². The monoisotopic (exact) mass is 508 g/mol. The Kier molecular flexibility index (Phi) is 6.40. The Labute approximate surface area is 201 Å². The van der Waals surface area contributed by atoms with Gasteiger partial charge in [0.05, 0.1) is 23.2 Å². The van der Waals surface area contributed by atoms with E-state index in [2.05, 4.69) is 31.3 Å². The summed E-state index contributed by atoms with van der Waals surface area (Å²) in [6.07, 6.45) is -2.91. The normalized spacial score (nSPS) is 24.0. The summed E-state index contributed by atoms with van der Waals surface area (Å²) < 4.78 is 9.23. The van der Waals surface area contributed by atoms with E-state index in [0.29, 0.717) is 17.0 Å². The number of hydrogen-bond donors (Lipinski definition) is 4. The summed E-state index contributed by atoms with van der Waals surface area (Å²) in [4.78, 5) is 17.6. The lowest BCUT2D eigenvalue weighted by molar-refractivity contribution is -0.0511. The van der Waals surface area contributed by atoms with Crippen LogP contribution in [0.3, 0.4) is 0 Å². The summed E-state index contributed by atoms with van der Waals surface area (Å²) in [6.45, 7) is 1.60. The zero-order chi connectivity index (χ0) is 23.1. The van der Waals surface area contributed by atoms with E-state index < -0.39 is 31.1 Å². The van der Waals surface area contributed by atoms with Crippen molar-refractivity contribution in [3.63, 3.8) is 0 Å². The number of fused-ring (bicyclic) bond motifs is 2. The average Bonchev–Trinajstić information content (AvgIpc) is 3.48. The van der Waals surface area contributed by atoms with E-state index in [-0.39, 0.29) is 11.3 Å². The quantitative estimate of drug-likeness (QED) is 0.217. The van der Waals surface area contributed by atoms with Crippen molar-refractivity contribution < 1.29 is 20.1 Å². The van der Waals surface area contributed by atoms with Gasteiger partial charge in [-0.2, -0.15) is 9.97 Å². The molecule has 174 valence electrons. The number of aromatic nitrogens is 5. The van der Waals surface area contributed by atoms with E-state index in [1.54, 1.807) is 23.1 Å². The van der Waals surface area contributed by atoms with Crippen LogP contribution >= 0.6 is 34.7 Å². The molecule has 0 saturated carbocycles. The van der Waals surface area contributed by atoms with Gasteiger partial charge in [0, 0.05) is 11.8 Å². The van der Waals surface area contributed by atoms with Gasteiger partial charge >= 0.3 is 0 Å². The molecule has 3 aromatic heterocycles. The number of rotatable bonds is 7. The molecule has 0 radical (unpaired) electrons. The Bertz CT molecular complexity index is 1250. The van der Waals surface area contributed by atoms with E-state index in [9.17, 15) is 15.3 Å². The second-order valence-corrected chi connectivity index (χ2v) is 10.3. The zero-order valence-electron chi connectivity index (χ0n) is 17.4. The fourth-order valence-corrected chi connectivity index (χ4v) is 5.88. The van der Waals surface area contributed by atoms with Crippen LogP contribution in [0.15, 0.2) is 34.9 Å². The summed E-state index contributed by atoms with van der Waals surface area (Å²) in [6, 6.07) is 8.05. The van der Waals surface area contributed by atoms with Crippen LogP contribution in [0.2, 0.25) is 5.28 Å². The lowest BCUT2D eigenvalue weighted by Crippen LogP contribution is -2.33. The summed E-state index contributed by atoms with van der Waals surface area (Å²) in [5.41, 5.74) is 1.79. The molecule has 13 heteroatoms. The van der Waals surface area contributed by atoms with Gasteiger partial charge < -0.3 is 25.4 Å². The highest BCUT2D eigenvalue weighted by atomic mass is 35.5. The number of aliphatic hydroxyl groups is 3. The first-order valence-electron chi connectivity index (χ1n) is 10.2. The van der Waals surface area contributed by atoms with Crippen molar-refractivity contribution in [3.05, 3.63) is 35.9 Å². The number of thioether (sulfide) groups is 1. The Balaban J connectivity index is 1.34. The highest BCUT2D eigenvalue weighted by molar-refractivity contribution is 8.01. The van der Waals surface area contributed by atoms with Gasteiger partial charge in [0.1, 0.15) is 18.3 Å². The maximum Gasteiger partial charge on any atom is 0.226 e. The molecule has 4 N–H and O–H groups in total. The highest BCUT2D eigenvalue weighted by Gasteiger charge is 2.44. The number of thiazole rings is 1. The van der Waals surface area contributed by atoms with Crippen LogP contribution in [0.25, 0.3) is 21.4 Å². The average molecular weight is 509 g/mol. The summed E-state index contributed by atoms with van der Waals surface area (Å²) in [5, 5.41) is 33.1. The van der Waals surface area contributed by atoms with Gasteiger partial charge in [-0.25, -0.2) is 9.97 Å². The minimum atomic E-state index is -1.26. The summed E-state index contributed by atoms with van der Waals surface area (Å²) in [5.74, 6) is 1.19. The van der Waals surface area contributed by atoms with Crippen molar-refractivity contribution in [2.45, 2.75) is 41.8 Å². The number of aliphatic hydroxyl groups excluding tert-OH is 3. The van der Waals surface area contributed by atoms with Crippen LogP contribution in [0.1, 0.15) is 13.2 Å². The van der Waals surface area contributed by atoms with Crippen molar-refractivity contribution in [1.82, 2.24) is 24.5 Å². The number of hydrogen-bond acceptors (Lipinski definition) is 11. The van der Waals surface area contributed by atoms with Crippen LogP contribution in [0.4, 0.5) is 5.82 Å². The standard InChI is InChI=1S/C20H21ClN6O4S2/c1-9(7-32-20-24-10-4-2-3-5-12(10)33-20)23-16-13-17(26-19(21)25-16)27(8-22-13)18-15(30)14(29)11(6-28)31-18/h2-5,8-9,11,14-15,18,28-30H,6-7H2,1H3,(H,23,25,26)/t9?,11-,14?,15?,18-/m1/s1. The third-order valence-electron chi connectivity index (χ3n) is 5.30. The maximum absolute atomic E-state index is 10.4. The molecule has 10 nitrogen and oxygen atoms in total. The molecule has 0 spiro atoms. The van der Waals surface area contributed by atoms with Gasteiger partial charge in [-0.15, -0.1) is 11.3 Å². The van der Waals surface area contributed by atoms with Crippen LogP contribution in [-0.4, -0.2) is 76.5 Å². The van der Waals surface area contributed by atoms with E-state index in [1.165, 1.54) is 10.9 Å². The minimum absolute atomic E-state index is 0.00418. The Morgan fingerprint density at radius 3 is 2.82 bits per heavy atom. The van der Waals surface area contributed by atoms with Crippen molar-refractivity contribution in [2.75, 3.05) is 17.7 Å². The van der Waals surface area contributed by atoms with Crippen molar-refractivity contribution >= 4 is 61.9 Å². The smallest absolute Gasteiger partial charge is 0.226 e. The molecule has 0 amide bonds. The largest absolute Gasteiger partial charge is 0.394 e. The number of para-hydroxylation sites is 1. The summed E-state index contributed by atoms with van der Waals surface area (Å²) >= 11 is 9.48. The van der Waals surface area contributed by atoms with E-state index in [4.69, 9.17) is 16.3 Å². The molecule has 3 unspecified atom stereocenters. The van der Waals surface area contributed by atoms with Crippen LogP contribution in [-0.2, 0) is 4.74 Å². The van der Waals surface area contributed by atoms with Crippen molar-refractivity contribution in [2.24, 2.45) is 0 Å². The molecule has 5 rings (SSSR count). The molecule has 0 aliphatic carbocycles. The SMILES string of the molecule is CC(CSc1nc2ccccc2s1)Nc1nc(Cl)nc2c1ncn2[C@@H]1O[C@H](CO)C(O)C1O. The Morgan fingerprint density at radius 2 is 2.06 bits per heavy atom. The number of ether oxygens (including phenoxy) is 1. The lowest BCUT2D eigenvalue weighted by atomic mass is 10.1. The number of nitrogens with zero attached hydrogens (tertiary/aromatic N) is 5. The molecule has 1 aromatic carbocycles. The third-order valence-corrected chi connectivity index (χ3v) is 7.91. The number of nitrogens with one attached hydrogen (secondary N) is 1. The predicted molar refractivity (Wildman–Crippen MR) is 127 cm³/mol. The molecule has 0 bridgehead atoms. The number of imidazole rings is 1. The molecule has 1 saturated heterocycles.